The van der Waals surface area contributed by atoms with E-state index in [0.29, 0.717) is 0 Å². The molecule has 11 nitrogen and oxygen atoms in total. The summed E-state index contributed by atoms with van der Waals surface area (Å²) in [6.07, 6.45) is -16.4. The van der Waals surface area contributed by atoms with Gasteiger partial charge in [0, 0.05) is 0 Å². The van der Waals surface area contributed by atoms with Crippen LogP contribution in [0.3, 0.4) is 0 Å². The van der Waals surface area contributed by atoms with Gasteiger partial charge in [0.05, 0.1) is 6.10 Å². The molecular formula is C12H20O11. The van der Waals surface area contributed by atoms with Crippen LogP contribution in [0, 0.1) is 0 Å². The third-order valence-electron chi connectivity index (χ3n) is 3.91. The summed E-state index contributed by atoms with van der Waals surface area (Å²) < 4.78 is 15.0. The van der Waals surface area contributed by atoms with Crippen LogP contribution < -0.4 is 0 Å². The van der Waals surface area contributed by atoms with Crippen LogP contribution in [0.4, 0.5) is 0 Å². The number of aliphatic hydroxyl groups is 6. The van der Waals surface area contributed by atoms with E-state index in [4.69, 9.17) is 14.6 Å². The smallest absolute Gasteiger partial charge is 0.335 e. The maximum atomic E-state index is 11.2. The van der Waals surface area contributed by atoms with Gasteiger partial charge in [-0.2, -0.15) is 0 Å². The highest BCUT2D eigenvalue weighted by Crippen LogP contribution is 2.28. The lowest BCUT2D eigenvalue weighted by atomic mass is 9.97. The molecule has 2 aliphatic rings. The zero-order chi connectivity index (χ0) is 17.5. The summed E-state index contributed by atoms with van der Waals surface area (Å²) in [5.41, 5.74) is 0. The van der Waals surface area contributed by atoms with Crippen molar-refractivity contribution in [3.63, 3.8) is 0 Å². The van der Waals surface area contributed by atoms with E-state index in [9.17, 15) is 35.4 Å². The van der Waals surface area contributed by atoms with Crippen LogP contribution in [-0.2, 0) is 19.0 Å². The molecule has 0 spiro atoms. The lowest BCUT2D eigenvalue weighted by Gasteiger charge is -2.44. The second-order valence-electron chi connectivity index (χ2n) is 5.55. The van der Waals surface area contributed by atoms with Gasteiger partial charge in [0.1, 0.15) is 36.6 Å². The first-order valence-corrected chi connectivity index (χ1v) is 6.92. The third kappa shape index (κ3) is 3.47. The molecule has 0 saturated carbocycles. The molecule has 0 radical (unpaired) electrons. The number of carbonyl (C=O) groups is 1. The summed E-state index contributed by atoms with van der Waals surface area (Å²) in [7, 11) is 0. The number of hydrogen-bond donors (Lipinski definition) is 7. The SMILES string of the molecule is CC1OC(OC2C(C(=O)O)OC(O)C(O)C2O)C(O)C(O)C1O. The number of aliphatic carboxylic acids is 1. The molecule has 0 bridgehead atoms. The van der Waals surface area contributed by atoms with Crippen LogP contribution in [0.5, 0.6) is 0 Å². The van der Waals surface area contributed by atoms with Gasteiger partial charge in [-0.05, 0) is 6.92 Å². The minimum absolute atomic E-state index is 0.946. The Hall–Kier alpha value is -0.890. The minimum atomic E-state index is -1.94. The van der Waals surface area contributed by atoms with Crippen molar-refractivity contribution in [3.8, 4) is 0 Å². The summed E-state index contributed by atoms with van der Waals surface area (Å²) in [6.45, 7) is 1.39. The fourth-order valence-electron chi connectivity index (χ4n) is 2.48. The highest BCUT2D eigenvalue weighted by molar-refractivity contribution is 5.73. The molecule has 0 amide bonds. The van der Waals surface area contributed by atoms with Crippen molar-refractivity contribution in [2.75, 3.05) is 0 Å². The molecule has 2 rings (SSSR count). The van der Waals surface area contributed by atoms with Crippen LogP contribution in [0.1, 0.15) is 6.92 Å². The molecule has 10 unspecified atom stereocenters. The maximum Gasteiger partial charge on any atom is 0.335 e. The van der Waals surface area contributed by atoms with Gasteiger partial charge in [-0.1, -0.05) is 0 Å². The largest absolute Gasteiger partial charge is 0.479 e. The van der Waals surface area contributed by atoms with Gasteiger partial charge in [-0.25, -0.2) is 4.79 Å². The van der Waals surface area contributed by atoms with Crippen molar-refractivity contribution < 1.29 is 54.8 Å². The molecule has 0 aromatic rings. The van der Waals surface area contributed by atoms with Crippen LogP contribution in [0.25, 0.3) is 0 Å². The predicted octanol–water partition coefficient (Wildman–Crippen LogP) is -4.28. The molecule has 2 heterocycles. The Kier molecular flexibility index (Phi) is 5.56. The lowest BCUT2D eigenvalue weighted by molar-refractivity contribution is -0.347. The van der Waals surface area contributed by atoms with E-state index in [-0.39, 0.29) is 0 Å². The van der Waals surface area contributed by atoms with E-state index in [1.54, 1.807) is 0 Å². The quantitative estimate of drug-likeness (QED) is 0.263. The van der Waals surface area contributed by atoms with E-state index >= 15 is 0 Å². The number of aliphatic hydroxyl groups excluding tert-OH is 6. The normalized spacial score (nSPS) is 51.4. The number of ether oxygens (including phenoxy) is 3. The summed E-state index contributed by atoms with van der Waals surface area (Å²) >= 11 is 0. The first-order valence-electron chi connectivity index (χ1n) is 6.92. The van der Waals surface area contributed by atoms with Gasteiger partial charge in [-0.15, -0.1) is 0 Å². The van der Waals surface area contributed by atoms with Crippen molar-refractivity contribution in [2.24, 2.45) is 0 Å². The number of hydrogen-bond acceptors (Lipinski definition) is 10. The Bertz CT molecular complexity index is 431. The molecule has 11 heteroatoms. The molecule has 134 valence electrons. The Balaban J connectivity index is 2.16. The van der Waals surface area contributed by atoms with Crippen molar-refractivity contribution in [3.05, 3.63) is 0 Å². The standard InChI is InChI=1S/C12H20O11/c1-2-3(13)4(14)7(17)12(21-2)23-8-5(15)6(16)11(20)22-9(8)10(18)19/h2-9,11-17,20H,1H3,(H,18,19). The van der Waals surface area contributed by atoms with E-state index in [1.165, 1.54) is 6.92 Å². The van der Waals surface area contributed by atoms with Crippen molar-refractivity contribution in [2.45, 2.75) is 68.3 Å². The maximum absolute atomic E-state index is 11.2. The number of rotatable bonds is 3. The topological polar surface area (TPSA) is 186 Å². The molecule has 10 atom stereocenters. The average molecular weight is 340 g/mol. The van der Waals surface area contributed by atoms with E-state index in [1.807, 2.05) is 0 Å². The molecule has 2 aliphatic heterocycles. The van der Waals surface area contributed by atoms with Gasteiger partial charge in [0.25, 0.3) is 0 Å². The fourth-order valence-corrected chi connectivity index (χ4v) is 2.48. The van der Waals surface area contributed by atoms with E-state index in [0.717, 1.165) is 0 Å². The summed E-state index contributed by atoms with van der Waals surface area (Å²) in [4.78, 5) is 11.2. The van der Waals surface area contributed by atoms with E-state index < -0.39 is 67.4 Å². The van der Waals surface area contributed by atoms with Crippen LogP contribution in [-0.4, -0.2) is 103 Å². The molecule has 0 aromatic carbocycles. The highest BCUT2D eigenvalue weighted by Gasteiger charge is 2.51. The first-order chi connectivity index (χ1) is 10.6. The Morgan fingerprint density at radius 3 is 2.04 bits per heavy atom. The molecule has 0 aromatic heterocycles. The average Bonchev–Trinajstić information content (AvgIpc) is 2.50. The molecular weight excluding hydrogens is 320 g/mol. The predicted molar refractivity (Wildman–Crippen MR) is 67.8 cm³/mol. The van der Waals surface area contributed by atoms with Crippen LogP contribution >= 0.6 is 0 Å². The zero-order valence-electron chi connectivity index (χ0n) is 12.0. The fraction of sp³-hybridized carbons (Fsp3) is 0.917. The number of carboxylic acid groups (broad SMARTS) is 1. The van der Waals surface area contributed by atoms with Crippen LogP contribution in [0.15, 0.2) is 0 Å². The summed E-state index contributed by atoms with van der Waals surface area (Å²) in [5, 5.41) is 67.0. The second kappa shape index (κ2) is 6.93. The van der Waals surface area contributed by atoms with Crippen LogP contribution in [0.2, 0.25) is 0 Å². The Labute approximate surface area is 130 Å². The van der Waals surface area contributed by atoms with Gasteiger partial charge in [-0.3, -0.25) is 0 Å². The monoisotopic (exact) mass is 340 g/mol. The lowest BCUT2D eigenvalue weighted by Crippen LogP contribution is -2.64. The van der Waals surface area contributed by atoms with Gasteiger partial charge < -0.3 is 50.0 Å². The third-order valence-corrected chi connectivity index (χ3v) is 3.91. The van der Waals surface area contributed by atoms with Gasteiger partial charge >= 0.3 is 5.97 Å². The minimum Gasteiger partial charge on any atom is -0.479 e. The zero-order valence-corrected chi connectivity index (χ0v) is 12.0. The second-order valence-corrected chi connectivity index (χ2v) is 5.55. The van der Waals surface area contributed by atoms with Gasteiger partial charge in [0.2, 0.25) is 0 Å². The summed E-state index contributed by atoms with van der Waals surface area (Å²) in [5.74, 6) is -1.58. The molecule has 23 heavy (non-hydrogen) atoms. The highest BCUT2D eigenvalue weighted by atomic mass is 16.7. The van der Waals surface area contributed by atoms with Crippen molar-refractivity contribution in [1.82, 2.24) is 0 Å². The first kappa shape index (κ1) is 18.4. The molecule has 2 saturated heterocycles. The van der Waals surface area contributed by atoms with Crippen molar-refractivity contribution in [1.29, 1.82) is 0 Å². The summed E-state index contributed by atoms with van der Waals surface area (Å²) in [6, 6.07) is 0. The molecule has 0 aliphatic carbocycles. The van der Waals surface area contributed by atoms with Crippen molar-refractivity contribution >= 4 is 5.97 Å². The number of carboxylic acids is 1. The Morgan fingerprint density at radius 1 is 0.870 bits per heavy atom. The Morgan fingerprint density at radius 2 is 1.48 bits per heavy atom. The van der Waals surface area contributed by atoms with Gasteiger partial charge in [0.15, 0.2) is 18.7 Å². The molecule has 2 fully saturated rings. The molecule has 7 N–H and O–H groups in total. The van der Waals surface area contributed by atoms with E-state index in [2.05, 4.69) is 4.74 Å².